The molecule has 0 aliphatic carbocycles. The first-order valence-electron chi connectivity index (χ1n) is 4.87. The topological polar surface area (TPSA) is 41.8 Å². The maximum atomic E-state index is 6.12. The zero-order valence-corrected chi connectivity index (χ0v) is 10.5. The Hall–Kier alpha value is -0.510. The molecule has 0 spiro atoms. The SMILES string of the molecule is NCCCc1c[nH]c2c(Cl)cc(Br)cc12. The molecule has 0 saturated heterocycles. The summed E-state index contributed by atoms with van der Waals surface area (Å²) in [6.07, 6.45) is 4.00. The largest absolute Gasteiger partial charge is 0.360 e. The number of aromatic nitrogens is 1. The fourth-order valence-electron chi connectivity index (χ4n) is 1.71. The molecule has 0 amide bonds. The molecule has 0 unspecified atom stereocenters. The van der Waals surface area contributed by atoms with Gasteiger partial charge in [-0.2, -0.15) is 0 Å². The highest BCUT2D eigenvalue weighted by molar-refractivity contribution is 9.10. The second-order valence-electron chi connectivity index (χ2n) is 3.52. The molecule has 0 atom stereocenters. The van der Waals surface area contributed by atoms with Gasteiger partial charge in [0.05, 0.1) is 10.5 Å². The van der Waals surface area contributed by atoms with Crippen LogP contribution in [0.4, 0.5) is 0 Å². The van der Waals surface area contributed by atoms with E-state index in [1.807, 2.05) is 12.3 Å². The zero-order valence-electron chi connectivity index (χ0n) is 8.19. The Kier molecular flexibility index (Phi) is 3.34. The number of nitrogens with one attached hydrogen (secondary N) is 1. The van der Waals surface area contributed by atoms with Crippen LogP contribution >= 0.6 is 27.5 Å². The molecule has 2 aromatic rings. The predicted octanol–water partition coefficient (Wildman–Crippen LogP) is 3.48. The van der Waals surface area contributed by atoms with Crippen molar-refractivity contribution in [2.24, 2.45) is 5.73 Å². The van der Waals surface area contributed by atoms with Gasteiger partial charge in [-0.1, -0.05) is 27.5 Å². The zero-order chi connectivity index (χ0) is 10.8. The van der Waals surface area contributed by atoms with E-state index in [2.05, 4.69) is 27.0 Å². The normalized spacial score (nSPS) is 11.1. The van der Waals surface area contributed by atoms with Crippen molar-refractivity contribution in [3.8, 4) is 0 Å². The molecule has 0 fully saturated rings. The van der Waals surface area contributed by atoms with Gasteiger partial charge in [-0.3, -0.25) is 0 Å². The predicted molar refractivity (Wildman–Crippen MR) is 68.4 cm³/mol. The van der Waals surface area contributed by atoms with Crippen LogP contribution in [0, 0.1) is 0 Å². The van der Waals surface area contributed by atoms with Crippen LogP contribution in [0.15, 0.2) is 22.8 Å². The molecule has 2 rings (SSSR count). The van der Waals surface area contributed by atoms with E-state index in [1.165, 1.54) is 10.9 Å². The van der Waals surface area contributed by atoms with Crippen molar-refractivity contribution in [2.75, 3.05) is 6.54 Å². The summed E-state index contributed by atoms with van der Waals surface area (Å²) in [5, 5.41) is 1.93. The lowest BCUT2D eigenvalue weighted by atomic mass is 10.1. The van der Waals surface area contributed by atoms with Gasteiger partial charge in [0.1, 0.15) is 0 Å². The third kappa shape index (κ3) is 2.19. The van der Waals surface area contributed by atoms with Gasteiger partial charge < -0.3 is 10.7 Å². The highest BCUT2D eigenvalue weighted by Gasteiger charge is 2.07. The van der Waals surface area contributed by atoms with Crippen molar-refractivity contribution in [3.63, 3.8) is 0 Å². The van der Waals surface area contributed by atoms with Gasteiger partial charge in [0.25, 0.3) is 0 Å². The van der Waals surface area contributed by atoms with Crippen LogP contribution in [0.2, 0.25) is 5.02 Å². The molecule has 2 nitrogen and oxygen atoms in total. The van der Waals surface area contributed by atoms with Crippen LogP contribution in [0.5, 0.6) is 0 Å². The number of H-pyrrole nitrogens is 1. The summed E-state index contributed by atoms with van der Waals surface area (Å²) in [7, 11) is 0. The van der Waals surface area contributed by atoms with Crippen LogP contribution in [-0.4, -0.2) is 11.5 Å². The Balaban J connectivity index is 2.49. The minimum Gasteiger partial charge on any atom is -0.360 e. The number of benzene rings is 1. The lowest BCUT2D eigenvalue weighted by Gasteiger charge is -1.99. The average Bonchev–Trinajstić information content (AvgIpc) is 2.58. The van der Waals surface area contributed by atoms with Crippen molar-refractivity contribution in [1.82, 2.24) is 4.98 Å². The summed E-state index contributed by atoms with van der Waals surface area (Å²) in [5.41, 5.74) is 7.79. The first-order chi connectivity index (χ1) is 7.22. The molecule has 1 aromatic heterocycles. The molecule has 0 radical (unpaired) electrons. The van der Waals surface area contributed by atoms with Gasteiger partial charge >= 0.3 is 0 Å². The molecule has 15 heavy (non-hydrogen) atoms. The standard InChI is InChI=1S/C11H12BrClN2/c12-8-4-9-7(2-1-3-14)6-15-11(9)10(13)5-8/h4-6,15H,1-3,14H2. The Morgan fingerprint density at radius 2 is 2.20 bits per heavy atom. The number of halogens is 2. The van der Waals surface area contributed by atoms with E-state index in [0.29, 0.717) is 6.54 Å². The maximum absolute atomic E-state index is 6.12. The number of aromatic amines is 1. The van der Waals surface area contributed by atoms with Crippen LogP contribution in [-0.2, 0) is 6.42 Å². The van der Waals surface area contributed by atoms with Crippen LogP contribution in [0.1, 0.15) is 12.0 Å². The summed E-state index contributed by atoms with van der Waals surface area (Å²) in [6.45, 7) is 0.717. The molecule has 0 bridgehead atoms. The Labute approximate surface area is 102 Å². The van der Waals surface area contributed by atoms with Crippen molar-refractivity contribution < 1.29 is 0 Å². The molecular weight excluding hydrogens is 275 g/mol. The van der Waals surface area contributed by atoms with E-state index in [0.717, 1.165) is 27.9 Å². The Bertz CT molecular complexity index is 479. The van der Waals surface area contributed by atoms with E-state index < -0.39 is 0 Å². The van der Waals surface area contributed by atoms with Crippen molar-refractivity contribution in [2.45, 2.75) is 12.8 Å². The summed E-state index contributed by atoms with van der Waals surface area (Å²) in [5.74, 6) is 0. The first kappa shape index (κ1) is 11.0. The quantitative estimate of drug-likeness (QED) is 0.892. The van der Waals surface area contributed by atoms with Crippen molar-refractivity contribution in [1.29, 1.82) is 0 Å². The molecule has 0 aliphatic heterocycles. The third-order valence-corrected chi connectivity index (χ3v) is 3.20. The molecular formula is C11H12BrClN2. The Morgan fingerprint density at radius 1 is 1.40 bits per heavy atom. The van der Waals surface area contributed by atoms with Crippen LogP contribution in [0.3, 0.4) is 0 Å². The number of hydrogen-bond donors (Lipinski definition) is 2. The molecule has 4 heteroatoms. The van der Waals surface area contributed by atoms with Gasteiger partial charge in [-0.15, -0.1) is 0 Å². The number of aryl methyl sites for hydroxylation is 1. The molecule has 80 valence electrons. The number of rotatable bonds is 3. The van der Waals surface area contributed by atoms with Crippen LogP contribution < -0.4 is 5.73 Å². The summed E-state index contributed by atoms with van der Waals surface area (Å²) in [4.78, 5) is 3.20. The fourth-order valence-corrected chi connectivity index (χ4v) is 2.57. The lowest BCUT2D eigenvalue weighted by molar-refractivity contribution is 0.837. The maximum Gasteiger partial charge on any atom is 0.0658 e. The molecule has 1 heterocycles. The summed E-state index contributed by atoms with van der Waals surface area (Å²) in [6, 6.07) is 3.98. The minimum atomic E-state index is 0.717. The third-order valence-electron chi connectivity index (χ3n) is 2.44. The van der Waals surface area contributed by atoms with E-state index in [-0.39, 0.29) is 0 Å². The minimum absolute atomic E-state index is 0.717. The monoisotopic (exact) mass is 286 g/mol. The van der Waals surface area contributed by atoms with E-state index in [1.54, 1.807) is 0 Å². The van der Waals surface area contributed by atoms with Gasteiger partial charge in [-0.25, -0.2) is 0 Å². The van der Waals surface area contributed by atoms with Gasteiger partial charge in [0, 0.05) is 16.1 Å². The molecule has 1 aromatic carbocycles. The summed E-state index contributed by atoms with van der Waals surface area (Å²) < 4.78 is 1.01. The van der Waals surface area contributed by atoms with Crippen molar-refractivity contribution >= 4 is 38.4 Å². The van der Waals surface area contributed by atoms with E-state index >= 15 is 0 Å². The molecule has 3 N–H and O–H groups in total. The average molecular weight is 288 g/mol. The lowest BCUT2D eigenvalue weighted by Crippen LogP contribution is -1.99. The van der Waals surface area contributed by atoms with Crippen LogP contribution in [0.25, 0.3) is 10.9 Å². The van der Waals surface area contributed by atoms with Gasteiger partial charge in [0.2, 0.25) is 0 Å². The number of fused-ring (bicyclic) bond motifs is 1. The molecule has 0 aliphatic rings. The van der Waals surface area contributed by atoms with E-state index in [4.69, 9.17) is 17.3 Å². The van der Waals surface area contributed by atoms with Gasteiger partial charge in [0.15, 0.2) is 0 Å². The fraction of sp³-hybridized carbons (Fsp3) is 0.273. The summed E-state index contributed by atoms with van der Waals surface area (Å²) >= 11 is 9.57. The Morgan fingerprint density at radius 3 is 2.93 bits per heavy atom. The smallest absolute Gasteiger partial charge is 0.0658 e. The first-order valence-corrected chi connectivity index (χ1v) is 6.04. The van der Waals surface area contributed by atoms with Crippen molar-refractivity contribution in [3.05, 3.63) is 33.4 Å². The van der Waals surface area contributed by atoms with Gasteiger partial charge in [-0.05, 0) is 37.1 Å². The highest BCUT2D eigenvalue weighted by Crippen LogP contribution is 2.30. The highest BCUT2D eigenvalue weighted by atomic mass is 79.9. The second-order valence-corrected chi connectivity index (χ2v) is 4.84. The number of nitrogens with two attached hydrogens (primary N) is 1. The second kappa shape index (κ2) is 4.56. The molecule has 0 saturated carbocycles. The van der Waals surface area contributed by atoms with E-state index in [9.17, 15) is 0 Å². The number of hydrogen-bond acceptors (Lipinski definition) is 1.